The van der Waals surface area contributed by atoms with Crippen molar-refractivity contribution < 1.29 is 14.3 Å². The van der Waals surface area contributed by atoms with E-state index in [9.17, 15) is 14.9 Å². The molecule has 2 saturated heterocycles. The molecule has 110 valence electrons. The van der Waals surface area contributed by atoms with Crippen molar-refractivity contribution in [2.45, 2.75) is 50.2 Å². The van der Waals surface area contributed by atoms with Crippen LogP contribution in [0.5, 0.6) is 0 Å². The van der Waals surface area contributed by atoms with E-state index in [4.69, 9.17) is 4.74 Å². The van der Waals surface area contributed by atoms with Gasteiger partial charge < -0.3 is 20.3 Å². The van der Waals surface area contributed by atoms with Crippen molar-refractivity contribution in [3.8, 4) is 6.07 Å². The highest BCUT2D eigenvalue weighted by atomic mass is 16.6. The van der Waals surface area contributed by atoms with Gasteiger partial charge in [-0.25, -0.2) is 9.59 Å². The summed E-state index contributed by atoms with van der Waals surface area (Å²) in [7, 11) is 1.52. The molecule has 2 fully saturated rings. The Morgan fingerprint density at radius 2 is 2.00 bits per heavy atom. The lowest BCUT2D eigenvalue weighted by molar-refractivity contribution is 0.0581. The monoisotopic (exact) mass is 280 g/mol. The van der Waals surface area contributed by atoms with Gasteiger partial charge in [-0.05, 0) is 19.8 Å². The number of rotatable bonds is 2. The largest absolute Gasteiger partial charge is 0.450 e. The lowest BCUT2D eigenvalue weighted by Crippen LogP contribution is -2.60. The summed E-state index contributed by atoms with van der Waals surface area (Å²) in [4.78, 5) is 25.2. The minimum Gasteiger partial charge on any atom is -0.450 e. The van der Waals surface area contributed by atoms with Crippen LogP contribution in [0.25, 0.3) is 0 Å². The molecule has 2 aliphatic heterocycles. The molecule has 2 aliphatic rings. The lowest BCUT2D eigenvalue weighted by atomic mass is 9.84. The van der Waals surface area contributed by atoms with Gasteiger partial charge in [-0.1, -0.05) is 0 Å². The number of hydrogen-bond donors (Lipinski definition) is 2. The van der Waals surface area contributed by atoms with Gasteiger partial charge in [0.2, 0.25) is 0 Å². The normalized spacial score (nSPS) is 31.4. The van der Waals surface area contributed by atoms with Crippen molar-refractivity contribution in [1.29, 1.82) is 5.26 Å². The van der Waals surface area contributed by atoms with E-state index in [0.29, 0.717) is 19.4 Å². The van der Waals surface area contributed by atoms with Crippen molar-refractivity contribution >= 4 is 12.1 Å². The number of carbonyl (C=O) groups is 2. The highest BCUT2D eigenvalue weighted by molar-refractivity contribution is 5.75. The molecule has 0 aliphatic carbocycles. The van der Waals surface area contributed by atoms with E-state index in [0.717, 1.165) is 12.8 Å². The fraction of sp³-hybridized carbons (Fsp3) is 0.769. The molecule has 2 rings (SSSR count). The first-order valence-electron chi connectivity index (χ1n) is 6.91. The quantitative estimate of drug-likeness (QED) is 0.787. The van der Waals surface area contributed by atoms with E-state index in [-0.39, 0.29) is 24.2 Å². The summed E-state index contributed by atoms with van der Waals surface area (Å²) in [5.41, 5.74) is -0.894. The summed E-state index contributed by atoms with van der Waals surface area (Å²) in [6.07, 6.45) is 2.29. The summed E-state index contributed by atoms with van der Waals surface area (Å²) < 4.78 is 5.07. The summed E-state index contributed by atoms with van der Waals surface area (Å²) in [5.74, 6) is 0. The predicted octanol–water partition coefficient (Wildman–Crippen LogP) is 0.961. The van der Waals surface area contributed by atoms with E-state index < -0.39 is 5.54 Å². The Kier molecular flexibility index (Phi) is 4.02. The Labute approximate surface area is 118 Å². The van der Waals surface area contributed by atoms with Crippen molar-refractivity contribution in [2.24, 2.45) is 0 Å². The van der Waals surface area contributed by atoms with E-state index >= 15 is 0 Å². The molecule has 0 spiro atoms. The second kappa shape index (κ2) is 5.57. The standard InChI is InChI=1S/C13H20N4O3/c1-3-20-12(19)17-9-4-5-10(17)7-13(6-9,8-14)16-11(18)15-2/h9-10H,3-7H2,1-2H3,(H2,15,16,18). The lowest BCUT2D eigenvalue weighted by Gasteiger charge is -2.42. The Balaban J connectivity index is 2.13. The second-order valence-corrected chi connectivity index (χ2v) is 5.30. The van der Waals surface area contributed by atoms with Gasteiger partial charge in [-0.15, -0.1) is 0 Å². The zero-order valence-corrected chi connectivity index (χ0v) is 11.8. The molecule has 0 aromatic heterocycles. The first kappa shape index (κ1) is 14.4. The van der Waals surface area contributed by atoms with Crippen LogP contribution < -0.4 is 10.6 Å². The summed E-state index contributed by atoms with van der Waals surface area (Å²) in [6.45, 7) is 2.12. The summed E-state index contributed by atoms with van der Waals surface area (Å²) in [6, 6.07) is 1.78. The van der Waals surface area contributed by atoms with Gasteiger partial charge >= 0.3 is 12.1 Å². The topological polar surface area (TPSA) is 94.5 Å². The van der Waals surface area contributed by atoms with Crippen LogP contribution in [0.4, 0.5) is 9.59 Å². The average molecular weight is 280 g/mol. The maximum absolute atomic E-state index is 12.0. The van der Waals surface area contributed by atoms with E-state index in [1.807, 2.05) is 0 Å². The van der Waals surface area contributed by atoms with Gasteiger partial charge in [-0.2, -0.15) is 5.26 Å². The number of hydrogen-bond acceptors (Lipinski definition) is 4. The fourth-order valence-corrected chi connectivity index (χ4v) is 3.25. The van der Waals surface area contributed by atoms with Crippen LogP contribution in [0.15, 0.2) is 0 Å². The van der Waals surface area contributed by atoms with E-state index in [1.165, 1.54) is 7.05 Å². The number of ether oxygens (including phenoxy) is 1. The number of fused-ring (bicyclic) bond motifs is 2. The number of urea groups is 1. The maximum atomic E-state index is 12.0. The molecule has 2 N–H and O–H groups in total. The number of amides is 3. The SMILES string of the molecule is CCOC(=O)N1C2CCC1CC(C#N)(NC(=O)NC)C2. The molecular formula is C13H20N4O3. The van der Waals surface area contributed by atoms with E-state index in [1.54, 1.807) is 11.8 Å². The van der Waals surface area contributed by atoms with Gasteiger partial charge in [0.15, 0.2) is 0 Å². The van der Waals surface area contributed by atoms with Crippen molar-refractivity contribution in [3.05, 3.63) is 0 Å². The molecule has 3 amide bonds. The first-order chi connectivity index (χ1) is 9.55. The molecule has 0 aromatic rings. The fourth-order valence-electron chi connectivity index (χ4n) is 3.25. The second-order valence-electron chi connectivity index (χ2n) is 5.30. The number of nitrogens with one attached hydrogen (secondary N) is 2. The Morgan fingerprint density at radius 3 is 2.45 bits per heavy atom. The van der Waals surface area contributed by atoms with Crippen LogP contribution in [0, 0.1) is 11.3 Å². The third-order valence-corrected chi connectivity index (χ3v) is 4.06. The molecule has 2 unspecified atom stereocenters. The number of carbonyl (C=O) groups excluding carboxylic acids is 2. The Bertz CT molecular complexity index is 431. The molecule has 2 atom stereocenters. The minimum absolute atomic E-state index is 0.0374. The highest BCUT2D eigenvalue weighted by Crippen LogP contribution is 2.40. The third kappa shape index (κ3) is 2.50. The maximum Gasteiger partial charge on any atom is 0.410 e. The molecule has 7 nitrogen and oxygen atoms in total. The van der Waals surface area contributed by atoms with Crippen LogP contribution in [-0.2, 0) is 4.74 Å². The molecule has 0 aromatic carbocycles. The van der Waals surface area contributed by atoms with Gasteiger partial charge in [-0.3, -0.25) is 0 Å². The third-order valence-electron chi connectivity index (χ3n) is 4.06. The highest BCUT2D eigenvalue weighted by Gasteiger charge is 2.51. The molecule has 2 heterocycles. The van der Waals surface area contributed by atoms with E-state index in [2.05, 4.69) is 16.7 Å². The molecule has 0 radical (unpaired) electrons. The summed E-state index contributed by atoms with van der Waals surface area (Å²) in [5, 5.41) is 14.7. The number of piperidine rings is 1. The first-order valence-corrected chi connectivity index (χ1v) is 6.91. The predicted molar refractivity (Wildman–Crippen MR) is 70.8 cm³/mol. The van der Waals surface area contributed by atoms with Gasteiger partial charge in [0.1, 0.15) is 5.54 Å². The van der Waals surface area contributed by atoms with Gasteiger partial charge in [0.25, 0.3) is 0 Å². The van der Waals surface area contributed by atoms with Crippen LogP contribution in [-0.4, -0.2) is 48.3 Å². The van der Waals surface area contributed by atoms with Crippen LogP contribution in [0.1, 0.15) is 32.6 Å². The summed E-state index contributed by atoms with van der Waals surface area (Å²) >= 11 is 0. The average Bonchev–Trinajstić information content (AvgIpc) is 2.71. The smallest absolute Gasteiger partial charge is 0.410 e. The molecule has 2 bridgehead atoms. The van der Waals surface area contributed by atoms with Crippen molar-refractivity contribution in [2.75, 3.05) is 13.7 Å². The van der Waals surface area contributed by atoms with Gasteiger partial charge in [0.05, 0.1) is 12.7 Å². The van der Waals surface area contributed by atoms with Crippen LogP contribution in [0.3, 0.4) is 0 Å². The molecule has 0 saturated carbocycles. The number of nitriles is 1. The minimum atomic E-state index is -0.894. The molecule has 7 heteroatoms. The zero-order valence-electron chi connectivity index (χ0n) is 11.8. The molecular weight excluding hydrogens is 260 g/mol. The number of nitrogens with zero attached hydrogens (tertiary/aromatic N) is 2. The van der Waals surface area contributed by atoms with Crippen LogP contribution in [0.2, 0.25) is 0 Å². The van der Waals surface area contributed by atoms with Crippen LogP contribution >= 0.6 is 0 Å². The van der Waals surface area contributed by atoms with Gasteiger partial charge in [0, 0.05) is 32.0 Å². The van der Waals surface area contributed by atoms with Crippen molar-refractivity contribution in [1.82, 2.24) is 15.5 Å². The Hall–Kier alpha value is -1.97. The molecule has 20 heavy (non-hydrogen) atoms. The Morgan fingerprint density at radius 1 is 1.40 bits per heavy atom. The van der Waals surface area contributed by atoms with Crippen molar-refractivity contribution in [3.63, 3.8) is 0 Å². The zero-order chi connectivity index (χ0) is 14.8.